The Morgan fingerprint density at radius 1 is 1.22 bits per heavy atom. The lowest BCUT2D eigenvalue weighted by atomic mass is 9.82. The van der Waals surface area contributed by atoms with Crippen LogP contribution in [0.2, 0.25) is 0 Å². The first-order chi connectivity index (χ1) is 11.1. The first-order valence-electron chi connectivity index (χ1n) is 6.92. The highest BCUT2D eigenvalue weighted by molar-refractivity contribution is 9.10. The number of halogens is 1. The van der Waals surface area contributed by atoms with Gasteiger partial charge in [0.05, 0.1) is 12.6 Å². The van der Waals surface area contributed by atoms with Crippen LogP contribution >= 0.6 is 28.1 Å². The Hall–Kier alpha value is -1.92. The molecule has 1 atom stereocenters. The van der Waals surface area contributed by atoms with Crippen LogP contribution < -0.4 is 15.4 Å². The number of methoxy groups -OCH3 is 1. The van der Waals surface area contributed by atoms with Gasteiger partial charge in [-0.25, -0.2) is 0 Å². The number of likely N-dealkylation sites (N-methyl/N-ethyl adjacent to an activating group) is 1. The van der Waals surface area contributed by atoms with Crippen molar-refractivity contribution in [3.63, 3.8) is 0 Å². The molecule has 0 aliphatic carbocycles. The van der Waals surface area contributed by atoms with E-state index in [2.05, 4.69) is 26.6 Å². The van der Waals surface area contributed by atoms with Gasteiger partial charge in [-0.3, -0.25) is 4.79 Å². The molecule has 0 aliphatic heterocycles. The van der Waals surface area contributed by atoms with E-state index in [9.17, 15) is 4.79 Å². The largest absolute Gasteiger partial charge is 0.497 e. The normalized spacial score (nSPS) is 12.8. The van der Waals surface area contributed by atoms with Gasteiger partial charge in [0.15, 0.2) is 5.54 Å². The van der Waals surface area contributed by atoms with Gasteiger partial charge in [-0.15, -0.1) is 0 Å². The van der Waals surface area contributed by atoms with Crippen LogP contribution in [0.5, 0.6) is 5.75 Å². The van der Waals surface area contributed by atoms with E-state index in [0.29, 0.717) is 5.75 Å². The Morgan fingerprint density at radius 3 is 2.43 bits per heavy atom. The highest BCUT2D eigenvalue weighted by Gasteiger charge is 2.41. The van der Waals surface area contributed by atoms with E-state index >= 15 is 0 Å². The average molecular weight is 393 g/mol. The summed E-state index contributed by atoms with van der Waals surface area (Å²) in [6, 6.07) is 14.9. The summed E-state index contributed by atoms with van der Waals surface area (Å²) in [7, 11) is 3.19. The molecule has 2 aromatic carbocycles. The fraction of sp³-hybridized carbons (Fsp3) is 0.176. The Morgan fingerprint density at radius 2 is 1.87 bits per heavy atom. The van der Waals surface area contributed by atoms with Crippen molar-refractivity contribution in [3.05, 3.63) is 64.1 Å². The highest BCUT2D eigenvalue weighted by Crippen LogP contribution is 2.33. The molecule has 0 heterocycles. The Labute approximate surface area is 149 Å². The van der Waals surface area contributed by atoms with Crippen LogP contribution in [0.15, 0.2) is 53.0 Å². The predicted octanol–water partition coefficient (Wildman–Crippen LogP) is 2.99. The molecule has 0 radical (unpaired) electrons. The maximum atomic E-state index is 12.8. The van der Waals surface area contributed by atoms with Gasteiger partial charge >= 0.3 is 0 Å². The van der Waals surface area contributed by atoms with E-state index in [1.807, 2.05) is 48.5 Å². The van der Waals surface area contributed by atoms with Gasteiger partial charge in [0, 0.05) is 11.5 Å². The molecule has 0 saturated carbocycles. The first kappa shape index (κ1) is 17.4. The zero-order chi connectivity index (χ0) is 16.9. The maximum absolute atomic E-state index is 12.8. The summed E-state index contributed by atoms with van der Waals surface area (Å²) < 4.78 is 6.17. The van der Waals surface area contributed by atoms with Crippen molar-refractivity contribution < 1.29 is 9.53 Å². The molecule has 2 N–H and O–H groups in total. The summed E-state index contributed by atoms with van der Waals surface area (Å²) in [6.45, 7) is 0. The molecule has 0 fully saturated rings. The molecule has 23 heavy (non-hydrogen) atoms. The van der Waals surface area contributed by atoms with Crippen molar-refractivity contribution >= 4 is 39.5 Å². The molecule has 2 aromatic rings. The molecule has 120 valence electrons. The fourth-order valence-corrected chi connectivity index (χ4v) is 3.09. The third-order valence-electron chi connectivity index (χ3n) is 3.60. The summed E-state index contributed by atoms with van der Waals surface area (Å²) in [6.07, 6.45) is 0. The minimum atomic E-state index is -1.14. The van der Waals surface area contributed by atoms with E-state index in [-0.39, 0.29) is 5.91 Å². The van der Waals surface area contributed by atoms with Crippen molar-refractivity contribution in [2.24, 2.45) is 0 Å². The number of carbonyl (C=O) groups excluding carboxylic acids is 1. The van der Waals surface area contributed by atoms with E-state index < -0.39 is 5.54 Å². The minimum absolute atomic E-state index is 0.218. The summed E-state index contributed by atoms with van der Waals surface area (Å²) >= 11 is 8.46. The number of hydrogen-bond donors (Lipinski definition) is 2. The van der Waals surface area contributed by atoms with E-state index in [1.165, 1.54) is 5.49 Å². The van der Waals surface area contributed by atoms with Crippen molar-refractivity contribution in [2.45, 2.75) is 5.54 Å². The second-order valence-corrected chi connectivity index (χ2v) is 5.98. The highest BCUT2D eigenvalue weighted by atomic mass is 79.9. The van der Waals surface area contributed by atoms with Crippen LogP contribution in [0, 0.1) is 0 Å². The van der Waals surface area contributed by atoms with Crippen molar-refractivity contribution in [3.8, 4) is 5.75 Å². The lowest BCUT2D eigenvalue weighted by Crippen LogP contribution is -2.53. The van der Waals surface area contributed by atoms with Crippen LogP contribution in [0.1, 0.15) is 11.1 Å². The van der Waals surface area contributed by atoms with Gasteiger partial charge in [-0.2, -0.15) is 0 Å². The van der Waals surface area contributed by atoms with Crippen LogP contribution in [0.25, 0.3) is 0 Å². The Bertz CT molecular complexity index is 723. The Kier molecular flexibility index (Phi) is 5.74. The predicted molar refractivity (Wildman–Crippen MR) is 98.8 cm³/mol. The first-order valence-corrected chi connectivity index (χ1v) is 8.19. The zero-order valence-electron chi connectivity index (χ0n) is 12.8. The smallest absolute Gasteiger partial charge is 0.254 e. The van der Waals surface area contributed by atoms with Crippen molar-refractivity contribution in [2.75, 3.05) is 14.2 Å². The quantitative estimate of drug-likeness (QED) is 0.741. The lowest BCUT2D eigenvalue weighted by Gasteiger charge is -2.33. The van der Waals surface area contributed by atoms with Crippen LogP contribution in [0.4, 0.5) is 0 Å². The van der Waals surface area contributed by atoms with Crippen LogP contribution in [-0.4, -0.2) is 25.6 Å². The average Bonchev–Trinajstić information content (AvgIpc) is 2.59. The standard InChI is InChI=1S/C17H17BrN2O2S/c1-19-16(21)17(20-11-23,12-5-3-7-14(18)9-12)13-6-4-8-15(10-13)22-2/h3-11H,1-2H3,(H,19,21)(H,20,23). The number of benzene rings is 2. The van der Waals surface area contributed by atoms with E-state index in [0.717, 1.165) is 15.6 Å². The molecule has 0 aromatic heterocycles. The van der Waals surface area contributed by atoms with Gasteiger partial charge in [-0.1, -0.05) is 52.4 Å². The van der Waals surface area contributed by atoms with Gasteiger partial charge in [-0.05, 0) is 35.4 Å². The fourth-order valence-electron chi connectivity index (χ4n) is 2.52. The molecule has 0 bridgehead atoms. The zero-order valence-corrected chi connectivity index (χ0v) is 15.2. The summed E-state index contributed by atoms with van der Waals surface area (Å²) in [5, 5.41) is 5.78. The van der Waals surface area contributed by atoms with Crippen LogP contribution in [0.3, 0.4) is 0 Å². The molecule has 0 spiro atoms. The molecular weight excluding hydrogens is 376 g/mol. The monoisotopic (exact) mass is 392 g/mol. The van der Waals surface area contributed by atoms with Crippen LogP contribution in [-0.2, 0) is 10.3 Å². The van der Waals surface area contributed by atoms with Gasteiger partial charge in [0.1, 0.15) is 5.75 Å². The minimum Gasteiger partial charge on any atom is -0.497 e. The number of hydrogen-bond acceptors (Lipinski definition) is 3. The van der Waals surface area contributed by atoms with Crippen molar-refractivity contribution in [1.29, 1.82) is 0 Å². The molecule has 6 heteroatoms. The van der Waals surface area contributed by atoms with Gasteiger partial charge in [0.2, 0.25) is 0 Å². The second-order valence-electron chi connectivity index (χ2n) is 4.83. The number of thiocarbonyl (C=S) groups is 1. The summed E-state index contributed by atoms with van der Waals surface area (Å²) in [5.74, 6) is 0.446. The maximum Gasteiger partial charge on any atom is 0.254 e. The Balaban J connectivity index is 2.76. The molecule has 2 rings (SSSR count). The van der Waals surface area contributed by atoms with Gasteiger partial charge < -0.3 is 15.4 Å². The van der Waals surface area contributed by atoms with E-state index in [1.54, 1.807) is 14.2 Å². The summed E-state index contributed by atoms with van der Waals surface area (Å²) in [4.78, 5) is 12.8. The van der Waals surface area contributed by atoms with Crippen molar-refractivity contribution in [1.82, 2.24) is 10.6 Å². The number of rotatable bonds is 6. The summed E-state index contributed by atoms with van der Waals surface area (Å²) in [5.41, 5.74) is 1.71. The third kappa shape index (κ3) is 3.38. The number of carbonyl (C=O) groups is 1. The number of ether oxygens (including phenoxy) is 1. The topological polar surface area (TPSA) is 50.4 Å². The molecule has 1 amide bonds. The molecule has 1 unspecified atom stereocenters. The number of nitrogens with one attached hydrogen (secondary N) is 2. The van der Waals surface area contributed by atoms with Gasteiger partial charge in [0.25, 0.3) is 5.91 Å². The molecule has 0 aliphatic rings. The molecule has 4 nitrogen and oxygen atoms in total. The third-order valence-corrected chi connectivity index (χ3v) is 4.21. The SMILES string of the molecule is CNC(=O)C(NC=S)(c1cccc(Br)c1)c1cccc(OC)c1. The molecule has 0 saturated heterocycles. The van der Waals surface area contributed by atoms with E-state index in [4.69, 9.17) is 17.0 Å². The second kappa shape index (κ2) is 7.57. The lowest BCUT2D eigenvalue weighted by molar-refractivity contribution is -0.125. The molecular formula is C17H17BrN2O2S. The number of amides is 1.